The number of fused-ring (bicyclic) bond motifs is 3. The maximum absolute atomic E-state index is 12.9. The molecule has 2 aromatic heterocycles. The summed E-state index contributed by atoms with van der Waals surface area (Å²) in [5.41, 5.74) is 1.98. The lowest BCUT2D eigenvalue weighted by Crippen LogP contribution is -2.39. The van der Waals surface area contributed by atoms with E-state index in [0.717, 1.165) is 41.6 Å². The van der Waals surface area contributed by atoms with Crippen LogP contribution >= 0.6 is 11.3 Å². The molecule has 0 atom stereocenters. The second-order valence-corrected chi connectivity index (χ2v) is 8.18. The molecule has 1 aliphatic carbocycles. The average molecular weight is 410 g/mol. The Morgan fingerprint density at radius 2 is 1.93 bits per heavy atom. The van der Waals surface area contributed by atoms with Crippen LogP contribution in [0.3, 0.4) is 0 Å². The van der Waals surface area contributed by atoms with Gasteiger partial charge in [0.25, 0.3) is 5.56 Å². The Hall–Kier alpha value is -3.00. The predicted molar refractivity (Wildman–Crippen MR) is 112 cm³/mol. The van der Waals surface area contributed by atoms with Crippen LogP contribution in [-0.2, 0) is 30.7 Å². The summed E-state index contributed by atoms with van der Waals surface area (Å²) in [5.74, 6) is -0.435. The highest BCUT2D eigenvalue weighted by Crippen LogP contribution is 2.33. The Morgan fingerprint density at radius 3 is 2.76 bits per heavy atom. The molecule has 0 saturated heterocycles. The van der Waals surface area contributed by atoms with Crippen molar-refractivity contribution in [3.05, 3.63) is 63.0 Å². The Balaban J connectivity index is 1.35. The summed E-state index contributed by atoms with van der Waals surface area (Å²) < 4.78 is 1.46. The zero-order valence-electron chi connectivity index (χ0n) is 15.9. The third kappa shape index (κ3) is 4.37. The molecule has 3 aromatic rings. The molecule has 7 nitrogen and oxygen atoms in total. The molecule has 2 N–H and O–H groups in total. The quantitative estimate of drug-likeness (QED) is 0.676. The topological polar surface area (TPSA) is 93.1 Å². The smallest absolute Gasteiger partial charge is 0.321 e. The second-order valence-electron chi connectivity index (χ2n) is 7.10. The van der Waals surface area contributed by atoms with Gasteiger partial charge in [0.2, 0.25) is 5.91 Å². The van der Waals surface area contributed by atoms with Crippen LogP contribution in [0, 0.1) is 0 Å². The van der Waals surface area contributed by atoms with Crippen molar-refractivity contribution >= 4 is 33.5 Å². The number of carbonyl (C=O) groups excluding carboxylic acids is 2. The summed E-state index contributed by atoms with van der Waals surface area (Å²) in [7, 11) is 0. The molecule has 1 aliphatic rings. The molecular weight excluding hydrogens is 388 g/mol. The van der Waals surface area contributed by atoms with Gasteiger partial charge in [-0.1, -0.05) is 30.3 Å². The van der Waals surface area contributed by atoms with E-state index in [1.54, 1.807) is 11.3 Å². The van der Waals surface area contributed by atoms with E-state index in [2.05, 4.69) is 15.6 Å². The number of aromatic nitrogens is 2. The molecule has 0 spiro atoms. The number of nitrogens with one attached hydrogen (secondary N) is 2. The summed E-state index contributed by atoms with van der Waals surface area (Å²) >= 11 is 1.60. The summed E-state index contributed by atoms with van der Waals surface area (Å²) in [4.78, 5) is 43.3. The minimum atomic E-state index is -0.549. The molecule has 0 aliphatic heterocycles. The minimum absolute atomic E-state index is 0.0260. The van der Waals surface area contributed by atoms with Gasteiger partial charge in [-0.3, -0.25) is 19.5 Å². The zero-order valence-corrected chi connectivity index (χ0v) is 16.8. The molecule has 8 heteroatoms. The van der Waals surface area contributed by atoms with Crippen LogP contribution in [0.1, 0.15) is 35.3 Å². The molecule has 0 unspecified atom stereocenters. The Morgan fingerprint density at radius 1 is 1.14 bits per heavy atom. The van der Waals surface area contributed by atoms with E-state index in [0.29, 0.717) is 11.9 Å². The summed E-state index contributed by atoms with van der Waals surface area (Å²) in [6, 6.07) is 8.89. The van der Waals surface area contributed by atoms with Crippen molar-refractivity contribution in [3.63, 3.8) is 0 Å². The van der Waals surface area contributed by atoms with Gasteiger partial charge < -0.3 is 5.32 Å². The van der Waals surface area contributed by atoms with E-state index in [1.807, 2.05) is 30.3 Å². The number of benzene rings is 1. The Labute approximate surface area is 171 Å². The number of aryl methyl sites for hydroxylation is 3. The molecule has 3 amide bonds. The highest BCUT2D eigenvalue weighted by Gasteiger charge is 2.20. The first-order chi connectivity index (χ1) is 14.1. The van der Waals surface area contributed by atoms with Crippen LogP contribution in [0.2, 0.25) is 0 Å². The lowest BCUT2D eigenvalue weighted by Gasteiger charge is -2.10. The van der Waals surface area contributed by atoms with Gasteiger partial charge in [0, 0.05) is 24.4 Å². The number of nitrogens with zero attached hydrogens (tertiary/aromatic N) is 2. The Bertz CT molecular complexity index is 1100. The normalized spacial score (nSPS) is 13.1. The molecular formula is C21H22N4O3S. The van der Waals surface area contributed by atoms with E-state index < -0.39 is 11.9 Å². The van der Waals surface area contributed by atoms with Crippen molar-refractivity contribution < 1.29 is 9.59 Å². The maximum Gasteiger partial charge on any atom is 0.321 e. The molecule has 2 heterocycles. The maximum atomic E-state index is 12.9. The molecule has 0 saturated carbocycles. The highest BCUT2D eigenvalue weighted by atomic mass is 32.1. The monoisotopic (exact) mass is 410 g/mol. The van der Waals surface area contributed by atoms with Crippen LogP contribution < -0.4 is 16.2 Å². The van der Waals surface area contributed by atoms with Crippen LogP contribution in [0.25, 0.3) is 10.2 Å². The lowest BCUT2D eigenvalue weighted by molar-refractivity contribution is -0.120. The van der Waals surface area contributed by atoms with Gasteiger partial charge in [-0.2, -0.15) is 0 Å². The van der Waals surface area contributed by atoms with Crippen molar-refractivity contribution in [1.82, 2.24) is 20.2 Å². The summed E-state index contributed by atoms with van der Waals surface area (Å²) in [6.07, 6.45) is 5.69. The van der Waals surface area contributed by atoms with Crippen LogP contribution in [0.5, 0.6) is 0 Å². The summed E-state index contributed by atoms with van der Waals surface area (Å²) in [6.45, 7) is 0.521. The molecule has 150 valence electrons. The number of carbonyl (C=O) groups is 2. The fraction of sp³-hybridized carbons (Fsp3) is 0.333. The van der Waals surface area contributed by atoms with Crippen molar-refractivity contribution in [1.29, 1.82) is 0 Å². The second kappa shape index (κ2) is 8.57. The number of hydrogen-bond acceptors (Lipinski definition) is 5. The first-order valence-electron chi connectivity index (χ1n) is 9.73. The van der Waals surface area contributed by atoms with Gasteiger partial charge in [0.05, 0.1) is 11.7 Å². The fourth-order valence-corrected chi connectivity index (χ4v) is 4.79. The van der Waals surface area contributed by atoms with E-state index in [-0.39, 0.29) is 18.5 Å². The van der Waals surface area contributed by atoms with Crippen molar-refractivity contribution in [2.45, 2.75) is 45.2 Å². The van der Waals surface area contributed by atoms with E-state index in [9.17, 15) is 14.4 Å². The molecule has 0 fully saturated rings. The fourth-order valence-electron chi connectivity index (χ4n) is 3.57. The molecule has 1 aromatic carbocycles. The van der Waals surface area contributed by atoms with Gasteiger partial charge in [-0.15, -0.1) is 11.3 Å². The van der Waals surface area contributed by atoms with Crippen molar-refractivity contribution in [3.8, 4) is 0 Å². The number of imide groups is 1. The number of amides is 3. The Kier molecular flexibility index (Phi) is 5.71. The molecule has 4 rings (SSSR count). The SMILES string of the molecule is O=C(CCn1cnc2sc3c(c2c1=O)CCCC3)NC(=O)NCc1ccccc1. The van der Waals surface area contributed by atoms with Gasteiger partial charge >= 0.3 is 6.03 Å². The number of hydrogen-bond donors (Lipinski definition) is 2. The highest BCUT2D eigenvalue weighted by molar-refractivity contribution is 7.18. The van der Waals surface area contributed by atoms with Gasteiger partial charge in [0.15, 0.2) is 0 Å². The van der Waals surface area contributed by atoms with Crippen LogP contribution in [0.4, 0.5) is 4.79 Å². The average Bonchev–Trinajstić information content (AvgIpc) is 3.12. The first kappa shape index (κ1) is 19.3. The van der Waals surface area contributed by atoms with E-state index in [1.165, 1.54) is 15.8 Å². The van der Waals surface area contributed by atoms with Crippen LogP contribution in [0.15, 0.2) is 41.5 Å². The van der Waals surface area contributed by atoms with Crippen molar-refractivity contribution in [2.75, 3.05) is 0 Å². The third-order valence-electron chi connectivity index (χ3n) is 5.07. The number of urea groups is 1. The molecule has 0 bridgehead atoms. The first-order valence-corrected chi connectivity index (χ1v) is 10.5. The predicted octanol–water partition coefficient (Wildman–Crippen LogP) is 2.75. The molecule has 29 heavy (non-hydrogen) atoms. The van der Waals surface area contributed by atoms with E-state index in [4.69, 9.17) is 0 Å². The van der Waals surface area contributed by atoms with E-state index >= 15 is 0 Å². The molecule has 0 radical (unpaired) electrons. The lowest BCUT2D eigenvalue weighted by atomic mass is 9.97. The minimum Gasteiger partial charge on any atom is -0.334 e. The largest absolute Gasteiger partial charge is 0.334 e. The standard InChI is InChI=1S/C21H22N4O3S/c26-17(24-21(28)22-12-14-6-2-1-3-7-14)10-11-25-13-23-19-18(20(25)27)15-8-4-5-9-16(15)29-19/h1-3,6-7,13H,4-5,8-12H2,(H2,22,24,26,28). The van der Waals surface area contributed by atoms with Crippen molar-refractivity contribution in [2.24, 2.45) is 0 Å². The van der Waals surface area contributed by atoms with Gasteiger partial charge in [-0.25, -0.2) is 9.78 Å². The number of rotatable bonds is 5. The number of thiophene rings is 1. The van der Waals surface area contributed by atoms with Gasteiger partial charge in [-0.05, 0) is 36.8 Å². The zero-order chi connectivity index (χ0) is 20.2. The van der Waals surface area contributed by atoms with Gasteiger partial charge in [0.1, 0.15) is 4.83 Å². The summed E-state index contributed by atoms with van der Waals surface area (Å²) in [5, 5.41) is 5.65. The third-order valence-corrected chi connectivity index (χ3v) is 6.27. The van der Waals surface area contributed by atoms with Crippen LogP contribution in [-0.4, -0.2) is 21.5 Å².